The van der Waals surface area contributed by atoms with Crippen LogP contribution in [0.3, 0.4) is 0 Å². The second-order valence-electron chi connectivity index (χ2n) is 5.20. The molecule has 0 spiro atoms. The summed E-state index contributed by atoms with van der Waals surface area (Å²) in [5.74, 6) is 0. The Labute approximate surface area is 152 Å². The minimum Gasteiger partial charge on any atom is -0.106 e. The highest BCUT2D eigenvalue weighted by atomic mass is 127. The van der Waals surface area contributed by atoms with Gasteiger partial charge in [-0.1, -0.05) is 36.4 Å². The van der Waals surface area contributed by atoms with Crippen LogP contribution in [-0.4, -0.2) is 0 Å². The SMILES string of the molecule is Pc1ccc(-c2ccc(-c3cc(P)cc(P)c3)cc2I)cc1. The Kier molecular flexibility index (Phi) is 5.31. The van der Waals surface area contributed by atoms with Gasteiger partial charge in [0, 0.05) is 3.57 Å². The Morgan fingerprint density at radius 2 is 1.14 bits per heavy atom. The second-order valence-corrected chi connectivity index (χ2v) is 8.37. The van der Waals surface area contributed by atoms with Crippen LogP contribution in [0.2, 0.25) is 0 Å². The van der Waals surface area contributed by atoms with E-state index in [0.29, 0.717) is 0 Å². The van der Waals surface area contributed by atoms with Crippen molar-refractivity contribution in [2.45, 2.75) is 0 Å². The van der Waals surface area contributed by atoms with Crippen LogP contribution in [0, 0.1) is 3.57 Å². The van der Waals surface area contributed by atoms with Gasteiger partial charge < -0.3 is 0 Å². The molecule has 0 radical (unpaired) electrons. The van der Waals surface area contributed by atoms with Gasteiger partial charge in [0.25, 0.3) is 0 Å². The van der Waals surface area contributed by atoms with Crippen molar-refractivity contribution in [3.8, 4) is 22.3 Å². The molecule has 0 fully saturated rings. The first kappa shape index (κ1) is 16.5. The standard InChI is InChI=1S/C18H16IP3/c19-18-9-12(13-7-15(21)10-16(22)8-13)3-6-17(18)11-1-4-14(20)5-2-11/h1-10H,20-22H2. The van der Waals surface area contributed by atoms with Gasteiger partial charge in [0.05, 0.1) is 0 Å². The zero-order chi connectivity index (χ0) is 15.7. The van der Waals surface area contributed by atoms with Gasteiger partial charge in [0.1, 0.15) is 0 Å². The molecule has 0 aromatic heterocycles. The van der Waals surface area contributed by atoms with E-state index in [1.807, 2.05) is 0 Å². The van der Waals surface area contributed by atoms with Crippen molar-refractivity contribution in [1.29, 1.82) is 0 Å². The van der Waals surface area contributed by atoms with E-state index in [1.54, 1.807) is 0 Å². The maximum Gasteiger partial charge on any atom is 0.0214 e. The first-order valence-electron chi connectivity index (χ1n) is 6.85. The van der Waals surface area contributed by atoms with Gasteiger partial charge in [-0.25, -0.2) is 0 Å². The molecule has 0 heterocycles. The lowest BCUT2D eigenvalue weighted by atomic mass is 10.0. The van der Waals surface area contributed by atoms with Gasteiger partial charge in [0.15, 0.2) is 0 Å². The molecule has 0 saturated carbocycles. The first-order chi connectivity index (χ1) is 10.5. The fraction of sp³-hybridized carbons (Fsp3) is 0. The second kappa shape index (κ2) is 7.06. The van der Waals surface area contributed by atoms with E-state index in [9.17, 15) is 0 Å². The van der Waals surface area contributed by atoms with Crippen LogP contribution < -0.4 is 15.9 Å². The first-order valence-corrected chi connectivity index (χ1v) is 9.66. The lowest BCUT2D eigenvalue weighted by Crippen LogP contribution is -2.01. The molecule has 3 aromatic rings. The summed E-state index contributed by atoms with van der Waals surface area (Å²) in [7, 11) is 8.28. The van der Waals surface area contributed by atoms with Gasteiger partial charge >= 0.3 is 0 Å². The average molecular weight is 452 g/mol. The number of rotatable bonds is 2. The average Bonchev–Trinajstić information content (AvgIpc) is 2.47. The molecule has 0 N–H and O–H groups in total. The molecule has 0 aliphatic heterocycles. The van der Waals surface area contributed by atoms with Crippen LogP contribution in [0.15, 0.2) is 60.7 Å². The molecular weight excluding hydrogens is 436 g/mol. The van der Waals surface area contributed by atoms with Crippen LogP contribution in [0.1, 0.15) is 0 Å². The smallest absolute Gasteiger partial charge is 0.0214 e. The molecular formula is C18H16IP3. The van der Waals surface area contributed by atoms with Gasteiger partial charge in [-0.15, -0.1) is 27.7 Å². The minimum absolute atomic E-state index is 1.21. The van der Waals surface area contributed by atoms with Crippen LogP contribution >= 0.6 is 50.3 Å². The van der Waals surface area contributed by atoms with Gasteiger partial charge in [-0.3, -0.25) is 0 Å². The van der Waals surface area contributed by atoms with Crippen molar-refractivity contribution in [2.24, 2.45) is 0 Å². The third-order valence-corrected chi connectivity index (χ3v) is 5.45. The third kappa shape index (κ3) is 3.77. The molecule has 22 heavy (non-hydrogen) atoms. The van der Waals surface area contributed by atoms with Crippen molar-refractivity contribution in [3.63, 3.8) is 0 Å². The maximum atomic E-state index is 2.78. The molecule has 0 saturated heterocycles. The van der Waals surface area contributed by atoms with Gasteiger partial charge in [-0.2, -0.15) is 0 Å². The van der Waals surface area contributed by atoms with Crippen LogP contribution in [0.4, 0.5) is 0 Å². The van der Waals surface area contributed by atoms with E-state index < -0.39 is 0 Å². The van der Waals surface area contributed by atoms with E-state index in [2.05, 4.69) is 111 Å². The molecule has 3 rings (SSSR count). The predicted molar refractivity (Wildman–Crippen MR) is 118 cm³/mol. The lowest BCUT2D eigenvalue weighted by Gasteiger charge is -2.10. The molecule has 0 amide bonds. The fourth-order valence-electron chi connectivity index (χ4n) is 2.43. The Hall–Kier alpha value is -0.320. The number of hydrogen-bond acceptors (Lipinski definition) is 0. The molecule has 4 heteroatoms. The van der Waals surface area contributed by atoms with E-state index in [4.69, 9.17) is 0 Å². The summed E-state index contributed by atoms with van der Waals surface area (Å²) >= 11 is 2.43. The largest absolute Gasteiger partial charge is 0.106 e. The predicted octanol–water partition coefficient (Wildman–Crippen LogP) is 4.13. The summed E-state index contributed by atoms with van der Waals surface area (Å²) < 4.78 is 1.27. The zero-order valence-corrected chi connectivity index (χ0v) is 17.5. The quantitative estimate of drug-likeness (QED) is 0.406. The highest BCUT2D eigenvalue weighted by Gasteiger charge is 2.06. The van der Waals surface area contributed by atoms with E-state index in [0.717, 1.165) is 0 Å². The highest BCUT2D eigenvalue weighted by Crippen LogP contribution is 2.29. The summed E-state index contributed by atoms with van der Waals surface area (Å²) in [5.41, 5.74) is 5.04. The van der Waals surface area contributed by atoms with Crippen molar-refractivity contribution in [2.75, 3.05) is 0 Å². The minimum atomic E-state index is 1.21. The van der Waals surface area contributed by atoms with Crippen LogP contribution in [0.25, 0.3) is 22.3 Å². The van der Waals surface area contributed by atoms with Crippen molar-refractivity contribution in [3.05, 3.63) is 64.2 Å². The van der Waals surface area contributed by atoms with E-state index >= 15 is 0 Å². The third-order valence-electron chi connectivity index (χ3n) is 3.50. The topological polar surface area (TPSA) is 0 Å². The number of benzene rings is 3. The summed E-state index contributed by atoms with van der Waals surface area (Å²) in [4.78, 5) is 0. The molecule has 3 atom stereocenters. The van der Waals surface area contributed by atoms with Crippen molar-refractivity contribution < 1.29 is 0 Å². The molecule has 0 nitrogen and oxygen atoms in total. The zero-order valence-electron chi connectivity index (χ0n) is 11.9. The summed E-state index contributed by atoms with van der Waals surface area (Å²) in [5, 5.41) is 3.62. The van der Waals surface area contributed by atoms with Crippen LogP contribution in [0.5, 0.6) is 0 Å². The highest BCUT2D eigenvalue weighted by molar-refractivity contribution is 14.1. The maximum absolute atomic E-state index is 2.78. The molecule has 3 aromatic carbocycles. The number of hydrogen-bond donors (Lipinski definition) is 0. The number of halogens is 1. The Morgan fingerprint density at radius 1 is 0.545 bits per heavy atom. The molecule has 110 valence electrons. The molecule has 0 bridgehead atoms. The molecule has 0 aliphatic carbocycles. The Balaban J connectivity index is 2.03. The summed E-state index contributed by atoms with van der Waals surface area (Å²) in [6, 6.07) is 21.8. The molecule has 0 aliphatic rings. The summed E-state index contributed by atoms with van der Waals surface area (Å²) in [6.45, 7) is 0. The molecule has 3 unspecified atom stereocenters. The normalized spacial score (nSPS) is 10.7. The van der Waals surface area contributed by atoms with Crippen molar-refractivity contribution >= 4 is 66.2 Å². The monoisotopic (exact) mass is 452 g/mol. The van der Waals surface area contributed by atoms with E-state index in [1.165, 1.54) is 41.7 Å². The van der Waals surface area contributed by atoms with Gasteiger partial charge in [-0.05, 0) is 85.0 Å². The Morgan fingerprint density at radius 3 is 1.73 bits per heavy atom. The van der Waals surface area contributed by atoms with E-state index in [-0.39, 0.29) is 0 Å². The Bertz CT molecular complexity index is 806. The van der Waals surface area contributed by atoms with Crippen LogP contribution in [-0.2, 0) is 0 Å². The van der Waals surface area contributed by atoms with Crippen molar-refractivity contribution in [1.82, 2.24) is 0 Å². The fourth-order valence-corrected chi connectivity index (χ4v) is 4.39. The van der Waals surface area contributed by atoms with Gasteiger partial charge in [0.2, 0.25) is 0 Å². The summed E-state index contributed by atoms with van der Waals surface area (Å²) in [6.07, 6.45) is 0. The lowest BCUT2D eigenvalue weighted by molar-refractivity contribution is 1.58.